The van der Waals surface area contributed by atoms with Crippen molar-refractivity contribution in [2.75, 3.05) is 26.2 Å². The van der Waals surface area contributed by atoms with Crippen molar-refractivity contribution in [3.8, 4) is 0 Å². The summed E-state index contributed by atoms with van der Waals surface area (Å²) in [6, 6.07) is 1.65. The Morgan fingerprint density at radius 3 is 2.77 bits per heavy atom. The van der Waals surface area contributed by atoms with E-state index in [0.29, 0.717) is 12.5 Å². The van der Waals surface area contributed by atoms with E-state index in [0.717, 1.165) is 57.4 Å². The standard InChI is InChI=1S/C15H21N3O3S/c19-15(17-6-1-2-7-17)13-4-3-5-16(10-13)9-12-8-14(18(20)21)22-11-12/h8,11,13H,1-7,9-10H2. The minimum atomic E-state index is -0.343. The molecule has 0 aromatic carbocycles. The van der Waals surface area contributed by atoms with Crippen LogP contribution in [-0.4, -0.2) is 46.8 Å². The van der Waals surface area contributed by atoms with Gasteiger partial charge in [0.05, 0.1) is 10.8 Å². The van der Waals surface area contributed by atoms with E-state index in [1.807, 2.05) is 10.3 Å². The van der Waals surface area contributed by atoms with Gasteiger partial charge in [-0.15, -0.1) is 0 Å². The van der Waals surface area contributed by atoms with Crippen molar-refractivity contribution >= 4 is 22.2 Å². The number of nitrogens with zero attached hydrogens (tertiary/aromatic N) is 3. The van der Waals surface area contributed by atoms with E-state index in [4.69, 9.17) is 0 Å². The molecule has 1 amide bonds. The van der Waals surface area contributed by atoms with Gasteiger partial charge in [0, 0.05) is 37.6 Å². The molecule has 1 aromatic rings. The molecule has 0 saturated carbocycles. The summed E-state index contributed by atoms with van der Waals surface area (Å²) in [4.78, 5) is 27.2. The summed E-state index contributed by atoms with van der Waals surface area (Å²) < 4.78 is 0. The molecule has 22 heavy (non-hydrogen) atoms. The van der Waals surface area contributed by atoms with Crippen molar-refractivity contribution < 1.29 is 9.72 Å². The third-order valence-corrected chi connectivity index (χ3v) is 5.43. The van der Waals surface area contributed by atoms with Gasteiger partial charge in [0.1, 0.15) is 0 Å². The van der Waals surface area contributed by atoms with Crippen LogP contribution in [0.5, 0.6) is 0 Å². The second-order valence-electron chi connectivity index (χ2n) is 6.16. The van der Waals surface area contributed by atoms with Crippen LogP contribution in [0.3, 0.4) is 0 Å². The highest BCUT2D eigenvalue weighted by atomic mass is 32.1. The Labute approximate surface area is 133 Å². The number of carbonyl (C=O) groups excluding carboxylic acids is 1. The fourth-order valence-electron chi connectivity index (χ4n) is 3.40. The fourth-order valence-corrected chi connectivity index (χ4v) is 4.12. The molecule has 2 aliphatic heterocycles. The van der Waals surface area contributed by atoms with Gasteiger partial charge in [-0.1, -0.05) is 11.3 Å². The van der Waals surface area contributed by atoms with Crippen molar-refractivity contribution in [2.24, 2.45) is 5.92 Å². The molecular weight excluding hydrogens is 302 g/mol. The third kappa shape index (κ3) is 3.47. The molecule has 6 nitrogen and oxygen atoms in total. The van der Waals surface area contributed by atoms with E-state index in [-0.39, 0.29) is 15.8 Å². The van der Waals surface area contributed by atoms with Crippen LogP contribution in [0.4, 0.5) is 5.00 Å². The average molecular weight is 323 g/mol. The second-order valence-corrected chi connectivity index (χ2v) is 7.05. The Morgan fingerprint density at radius 2 is 2.09 bits per heavy atom. The number of rotatable bonds is 4. The molecule has 0 bridgehead atoms. The van der Waals surface area contributed by atoms with E-state index >= 15 is 0 Å². The zero-order chi connectivity index (χ0) is 15.5. The van der Waals surface area contributed by atoms with Crippen LogP contribution in [0.2, 0.25) is 0 Å². The van der Waals surface area contributed by atoms with Crippen molar-refractivity contribution in [3.05, 3.63) is 27.1 Å². The lowest BCUT2D eigenvalue weighted by Crippen LogP contribution is -2.43. The highest BCUT2D eigenvalue weighted by molar-refractivity contribution is 7.13. The van der Waals surface area contributed by atoms with Crippen molar-refractivity contribution in [3.63, 3.8) is 0 Å². The SMILES string of the molecule is O=C(C1CCCN(Cc2csc([N+](=O)[O-])c2)C1)N1CCCC1. The van der Waals surface area contributed by atoms with E-state index in [9.17, 15) is 14.9 Å². The number of hydrogen-bond acceptors (Lipinski definition) is 5. The van der Waals surface area contributed by atoms with Gasteiger partial charge in [-0.25, -0.2) is 0 Å². The normalized spacial score (nSPS) is 22.9. The fraction of sp³-hybridized carbons (Fsp3) is 0.667. The lowest BCUT2D eigenvalue weighted by atomic mass is 9.96. The van der Waals surface area contributed by atoms with Gasteiger partial charge >= 0.3 is 5.00 Å². The molecule has 2 fully saturated rings. The monoisotopic (exact) mass is 323 g/mol. The first-order chi connectivity index (χ1) is 10.6. The highest BCUT2D eigenvalue weighted by Gasteiger charge is 2.30. The molecule has 0 radical (unpaired) electrons. The zero-order valence-corrected chi connectivity index (χ0v) is 13.4. The number of piperidine rings is 1. The molecule has 120 valence electrons. The highest BCUT2D eigenvalue weighted by Crippen LogP contribution is 2.26. The Bertz CT molecular complexity index is 554. The maximum absolute atomic E-state index is 12.5. The molecule has 0 aliphatic carbocycles. The first kappa shape index (κ1) is 15.4. The van der Waals surface area contributed by atoms with Gasteiger partial charge in [0.25, 0.3) is 0 Å². The Balaban J connectivity index is 1.57. The smallest absolute Gasteiger partial charge is 0.324 e. The van der Waals surface area contributed by atoms with Crippen LogP contribution >= 0.6 is 11.3 Å². The summed E-state index contributed by atoms with van der Waals surface area (Å²) in [6.45, 7) is 4.26. The molecule has 2 aliphatic rings. The number of amides is 1. The minimum absolute atomic E-state index is 0.0977. The van der Waals surface area contributed by atoms with Gasteiger partial charge in [-0.3, -0.25) is 19.8 Å². The second kappa shape index (κ2) is 6.75. The van der Waals surface area contributed by atoms with Gasteiger partial charge in [0.2, 0.25) is 5.91 Å². The van der Waals surface area contributed by atoms with Gasteiger partial charge < -0.3 is 4.90 Å². The first-order valence-corrected chi connectivity index (χ1v) is 8.74. The predicted octanol–water partition coefficient (Wildman–Crippen LogP) is 2.49. The molecule has 3 heterocycles. The summed E-state index contributed by atoms with van der Waals surface area (Å²) in [5, 5.41) is 12.8. The van der Waals surface area contributed by atoms with Gasteiger partial charge in [0.15, 0.2) is 0 Å². The van der Waals surface area contributed by atoms with Crippen LogP contribution in [0.15, 0.2) is 11.4 Å². The minimum Gasteiger partial charge on any atom is -0.342 e. The van der Waals surface area contributed by atoms with Gasteiger partial charge in [-0.2, -0.15) is 0 Å². The van der Waals surface area contributed by atoms with Gasteiger partial charge in [-0.05, 0) is 37.8 Å². The van der Waals surface area contributed by atoms with Crippen LogP contribution in [0, 0.1) is 16.0 Å². The van der Waals surface area contributed by atoms with E-state index in [1.54, 1.807) is 6.07 Å². The number of nitro groups is 1. The van der Waals surface area contributed by atoms with Crippen molar-refractivity contribution in [1.29, 1.82) is 0 Å². The summed E-state index contributed by atoms with van der Waals surface area (Å²) in [5.41, 5.74) is 0.978. The van der Waals surface area contributed by atoms with Crippen LogP contribution in [0.25, 0.3) is 0 Å². The molecule has 1 unspecified atom stereocenters. The average Bonchev–Trinajstić information content (AvgIpc) is 3.18. The number of hydrogen-bond donors (Lipinski definition) is 0. The molecule has 1 aromatic heterocycles. The quantitative estimate of drug-likeness (QED) is 0.631. The molecule has 0 N–H and O–H groups in total. The predicted molar refractivity (Wildman–Crippen MR) is 84.8 cm³/mol. The topological polar surface area (TPSA) is 66.7 Å². The maximum atomic E-state index is 12.5. The molecule has 1 atom stereocenters. The third-order valence-electron chi connectivity index (χ3n) is 4.50. The van der Waals surface area contributed by atoms with Crippen molar-refractivity contribution in [2.45, 2.75) is 32.2 Å². The molecule has 7 heteroatoms. The first-order valence-electron chi connectivity index (χ1n) is 7.86. The molecule has 0 spiro atoms. The van der Waals surface area contributed by atoms with E-state index < -0.39 is 0 Å². The van der Waals surface area contributed by atoms with E-state index in [2.05, 4.69) is 4.90 Å². The number of thiophene rings is 1. The van der Waals surface area contributed by atoms with E-state index in [1.165, 1.54) is 11.3 Å². The lowest BCUT2D eigenvalue weighted by Gasteiger charge is -2.33. The van der Waals surface area contributed by atoms with Crippen molar-refractivity contribution in [1.82, 2.24) is 9.80 Å². The van der Waals surface area contributed by atoms with Crippen LogP contribution in [-0.2, 0) is 11.3 Å². The maximum Gasteiger partial charge on any atom is 0.324 e. The Hall–Kier alpha value is -1.47. The molecule has 2 saturated heterocycles. The number of carbonyl (C=O) groups is 1. The largest absolute Gasteiger partial charge is 0.342 e. The summed E-state index contributed by atoms with van der Waals surface area (Å²) in [7, 11) is 0. The Kier molecular flexibility index (Phi) is 4.73. The zero-order valence-electron chi connectivity index (χ0n) is 12.6. The summed E-state index contributed by atoms with van der Waals surface area (Å²) >= 11 is 1.17. The number of likely N-dealkylation sites (tertiary alicyclic amines) is 2. The Morgan fingerprint density at radius 1 is 1.32 bits per heavy atom. The summed E-state index contributed by atoms with van der Waals surface area (Å²) in [6.07, 6.45) is 4.24. The molecule has 3 rings (SSSR count). The lowest BCUT2D eigenvalue weighted by molar-refractivity contribution is -0.380. The molecular formula is C15H21N3O3S. The van der Waals surface area contributed by atoms with Crippen LogP contribution < -0.4 is 0 Å². The van der Waals surface area contributed by atoms with Crippen LogP contribution in [0.1, 0.15) is 31.2 Å². The summed E-state index contributed by atoms with van der Waals surface area (Å²) in [5.74, 6) is 0.402.